The van der Waals surface area contributed by atoms with Gasteiger partial charge in [0.15, 0.2) is 5.78 Å². The first-order valence-corrected chi connectivity index (χ1v) is 16.8. The molecule has 253 valence electrons. The van der Waals surface area contributed by atoms with Gasteiger partial charge >= 0.3 is 0 Å². The van der Waals surface area contributed by atoms with Crippen LogP contribution in [0.15, 0.2) is 77.2 Å². The molecule has 0 aliphatic carbocycles. The molecule has 0 saturated carbocycles. The average Bonchev–Trinajstić information content (AvgIpc) is 3.46. The number of furan rings is 1. The van der Waals surface area contributed by atoms with E-state index in [0.717, 1.165) is 64.2 Å². The molecule has 0 saturated heterocycles. The van der Waals surface area contributed by atoms with Crippen LogP contribution in [0.5, 0.6) is 0 Å². The maximum absolute atomic E-state index is 12.2. The Morgan fingerprint density at radius 2 is 1.50 bits per heavy atom. The first-order valence-electron chi connectivity index (χ1n) is 16.8. The fraction of sp³-hybridized carbons (Fsp3) is 0.357. The van der Waals surface area contributed by atoms with Crippen LogP contribution in [0.3, 0.4) is 0 Å². The number of allylic oxidation sites excluding steroid dienone is 2. The number of rotatable bonds is 8. The molecule has 1 N–H and O–H groups in total. The number of aliphatic hydroxyl groups is 1. The quantitative estimate of drug-likeness (QED) is 0.0940. The van der Waals surface area contributed by atoms with Crippen molar-refractivity contribution in [3.63, 3.8) is 0 Å². The third kappa shape index (κ3) is 6.84. The fourth-order valence-electron chi connectivity index (χ4n) is 6.40. The minimum Gasteiger partial charge on any atom is -0.512 e. The Morgan fingerprint density at radius 1 is 0.854 bits per heavy atom. The van der Waals surface area contributed by atoms with Gasteiger partial charge in [-0.3, -0.25) is 9.78 Å². The largest absolute Gasteiger partial charge is 0.512 e. The minimum atomic E-state index is -0.337. The summed E-state index contributed by atoms with van der Waals surface area (Å²) in [5, 5.41) is 15.8. The summed E-state index contributed by atoms with van der Waals surface area (Å²) in [7, 11) is 0. The minimum absolute atomic E-state index is 0. The van der Waals surface area contributed by atoms with Crippen LogP contribution in [-0.4, -0.2) is 20.9 Å². The molecule has 1 radical (unpaired) electrons. The Bertz CT molecular complexity index is 2130. The second-order valence-corrected chi connectivity index (χ2v) is 13.5. The van der Waals surface area contributed by atoms with Crippen molar-refractivity contribution in [3.05, 3.63) is 95.5 Å². The summed E-state index contributed by atoms with van der Waals surface area (Å²) in [4.78, 5) is 21.4. The molecule has 6 heteroatoms. The Balaban J connectivity index is 0.000000251. The van der Waals surface area contributed by atoms with Gasteiger partial charge in [-0.25, -0.2) is 4.98 Å². The molecule has 0 atom stereocenters. The van der Waals surface area contributed by atoms with Crippen molar-refractivity contribution >= 4 is 49.4 Å². The van der Waals surface area contributed by atoms with Crippen LogP contribution in [0.2, 0.25) is 0 Å². The van der Waals surface area contributed by atoms with Gasteiger partial charge in [0.2, 0.25) is 0 Å². The number of ketones is 1. The van der Waals surface area contributed by atoms with Gasteiger partial charge in [0.25, 0.3) is 0 Å². The standard InChI is InChI=1S/C27H19N2O.C15H28O2.Ir/c1-15-10-16(2)23-17(3)12-20(13-19(23)11-15)25-27-26(29-14-28-25)24-21-7-5-4-6-18(21)8-9-22(24)30-27;1-7-14(5,8-2)12(16)11-13(17)15(6,9-3)10-4;/h4-12,14H,1-3H3;11,16H,7-10H2,1-6H3;/q-1;;/b;12-11-;. The summed E-state index contributed by atoms with van der Waals surface area (Å²) in [6, 6.07) is 22.6. The number of aromatic nitrogens is 2. The van der Waals surface area contributed by atoms with E-state index in [1.165, 1.54) is 33.5 Å². The van der Waals surface area contributed by atoms with E-state index in [0.29, 0.717) is 5.58 Å². The van der Waals surface area contributed by atoms with Crippen molar-refractivity contribution in [2.24, 2.45) is 10.8 Å². The summed E-state index contributed by atoms with van der Waals surface area (Å²) in [5.74, 6) is 0.286. The van der Waals surface area contributed by atoms with E-state index in [-0.39, 0.29) is 42.5 Å². The number of fused-ring (bicyclic) bond motifs is 6. The molecule has 48 heavy (non-hydrogen) atoms. The summed E-state index contributed by atoms with van der Waals surface area (Å²) < 4.78 is 6.30. The average molecular weight is 820 g/mol. The van der Waals surface area contributed by atoms with Gasteiger partial charge in [0.1, 0.15) is 28.8 Å². The van der Waals surface area contributed by atoms with E-state index in [1.54, 1.807) is 6.33 Å². The van der Waals surface area contributed by atoms with Crippen molar-refractivity contribution < 1.29 is 34.4 Å². The smallest absolute Gasteiger partial charge is 0.164 e. The van der Waals surface area contributed by atoms with E-state index in [9.17, 15) is 9.90 Å². The zero-order valence-corrected chi connectivity index (χ0v) is 32.1. The van der Waals surface area contributed by atoms with E-state index >= 15 is 0 Å². The van der Waals surface area contributed by atoms with Crippen LogP contribution >= 0.6 is 0 Å². The molecule has 4 aromatic carbocycles. The SMILES string of the molecule is CCC(C)(CC)C(=O)/C=C(\O)C(C)(CC)CC.Cc1cc(C)c2c(C)cc(-c3ncnc4c3oc3ccc5ccccc5c34)[c-]c2c1.[Ir]. The van der Waals surface area contributed by atoms with Crippen LogP contribution < -0.4 is 0 Å². The normalized spacial score (nSPS) is 12.3. The Hall–Kier alpha value is -3.86. The van der Waals surface area contributed by atoms with E-state index in [4.69, 9.17) is 4.42 Å². The molecule has 2 heterocycles. The predicted octanol–water partition coefficient (Wildman–Crippen LogP) is 11.7. The van der Waals surface area contributed by atoms with Crippen LogP contribution in [0, 0.1) is 37.7 Å². The van der Waals surface area contributed by atoms with Crippen molar-refractivity contribution in [2.75, 3.05) is 0 Å². The van der Waals surface area contributed by atoms with Crippen molar-refractivity contribution in [2.45, 2.75) is 88.0 Å². The Kier molecular flexibility index (Phi) is 11.3. The first kappa shape index (κ1) is 37.0. The topological polar surface area (TPSA) is 76.2 Å². The zero-order chi connectivity index (χ0) is 34.1. The molecule has 5 nitrogen and oxygen atoms in total. The number of aliphatic hydroxyl groups excluding tert-OH is 1. The van der Waals surface area contributed by atoms with Gasteiger partial charge < -0.3 is 9.52 Å². The molecule has 0 aliphatic rings. The molecular weight excluding hydrogens is 773 g/mol. The first-order chi connectivity index (χ1) is 22.4. The summed E-state index contributed by atoms with van der Waals surface area (Å²) in [5.41, 5.74) is 7.21. The molecule has 0 unspecified atom stereocenters. The molecule has 2 aromatic heterocycles. The third-order valence-corrected chi connectivity index (χ3v) is 10.5. The van der Waals surface area contributed by atoms with Gasteiger partial charge in [0.05, 0.1) is 11.1 Å². The number of benzene rings is 4. The molecular formula is C42H47IrN2O3-. The van der Waals surface area contributed by atoms with Crippen LogP contribution in [0.4, 0.5) is 0 Å². The van der Waals surface area contributed by atoms with Crippen molar-refractivity contribution in [1.82, 2.24) is 9.97 Å². The molecule has 0 aliphatic heterocycles. The predicted molar refractivity (Wildman–Crippen MR) is 196 cm³/mol. The van der Waals surface area contributed by atoms with Gasteiger partial charge in [-0.1, -0.05) is 107 Å². The molecule has 6 rings (SSSR count). The maximum atomic E-state index is 12.2. The summed E-state index contributed by atoms with van der Waals surface area (Å²) >= 11 is 0. The molecule has 0 amide bonds. The van der Waals surface area contributed by atoms with Crippen molar-refractivity contribution in [3.8, 4) is 11.3 Å². The third-order valence-electron chi connectivity index (χ3n) is 10.5. The zero-order valence-electron chi connectivity index (χ0n) is 29.7. The number of aryl methyl sites for hydroxylation is 3. The Labute approximate surface area is 298 Å². The van der Waals surface area contributed by atoms with Gasteiger partial charge in [-0.15, -0.1) is 29.1 Å². The number of carbonyl (C=O) groups excluding carboxylic acids is 1. The van der Waals surface area contributed by atoms with E-state index in [2.05, 4.69) is 73.2 Å². The van der Waals surface area contributed by atoms with Crippen LogP contribution in [-0.2, 0) is 24.9 Å². The van der Waals surface area contributed by atoms with E-state index in [1.807, 2.05) is 59.7 Å². The Morgan fingerprint density at radius 3 is 2.17 bits per heavy atom. The maximum Gasteiger partial charge on any atom is 0.164 e. The van der Waals surface area contributed by atoms with Gasteiger partial charge in [-0.05, 0) is 56.4 Å². The fourth-order valence-corrected chi connectivity index (χ4v) is 6.40. The molecule has 0 spiro atoms. The van der Waals surface area contributed by atoms with E-state index < -0.39 is 0 Å². The number of carbonyl (C=O) groups is 1. The molecule has 0 fully saturated rings. The second kappa shape index (κ2) is 14.7. The summed E-state index contributed by atoms with van der Waals surface area (Å²) in [6.45, 7) is 18.5. The second-order valence-electron chi connectivity index (χ2n) is 13.5. The monoisotopic (exact) mass is 820 g/mol. The number of hydrogen-bond donors (Lipinski definition) is 1. The van der Waals surface area contributed by atoms with Crippen LogP contribution in [0.1, 0.15) is 83.9 Å². The molecule has 0 bridgehead atoms. The summed E-state index contributed by atoms with van der Waals surface area (Å²) in [6.07, 6.45) is 6.38. The van der Waals surface area contributed by atoms with Gasteiger partial charge in [-0.2, -0.15) is 0 Å². The molecule has 6 aromatic rings. The van der Waals surface area contributed by atoms with Gasteiger partial charge in [0, 0.05) is 37.0 Å². The number of nitrogens with zero attached hydrogens (tertiary/aromatic N) is 2. The van der Waals surface area contributed by atoms with Crippen molar-refractivity contribution in [1.29, 1.82) is 0 Å². The van der Waals surface area contributed by atoms with Crippen LogP contribution in [0.25, 0.3) is 54.9 Å². The number of hydrogen-bond acceptors (Lipinski definition) is 5.